The monoisotopic (exact) mass is 462 g/mol. The Morgan fingerprint density at radius 1 is 0.971 bits per heavy atom. The van der Waals surface area contributed by atoms with Gasteiger partial charge in [-0.15, -0.1) is 0 Å². The first-order valence-electron chi connectivity index (χ1n) is 12.1. The molecule has 0 aliphatic heterocycles. The number of hydrogen-bond donors (Lipinski definition) is 3. The summed E-state index contributed by atoms with van der Waals surface area (Å²) in [6.45, 7) is 0.245. The Hall–Kier alpha value is -3.35. The van der Waals surface area contributed by atoms with E-state index >= 15 is 0 Å². The maximum Gasteiger partial charge on any atom is 0.407 e. The fourth-order valence-electron chi connectivity index (χ4n) is 5.57. The number of rotatable bonds is 8. The predicted octanol–water partition coefficient (Wildman–Crippen LogP) is 4.21. The van der Waals surface area contributed by atoms with Crippen molar-refractivity contribution in [1.29, 1.82) is 0 Å². The third-order valence-corrected chi connectivity index (χ3v) is 7.43. The van der Waals surface area contributed by atoms with Crippen molar-refractivity contribution in [3.63, 3.8) is 0 Å². The zero-order valence-electron chi connectivity index (χ0n) is 19.1. The maximum absolute atomic E-state index is 12.6. The first-order chi connectivity index (χ1) is 16.4. The van der Waals surface area contributed by atoms with Crippen molar-refractivity contribution in [3.8, 4) is 11.1 Å². The van der Waals surface area contributed by atoms with Crippen molar-refractivity contribution < 1.29 is 24.2 Å². The summed E-state index contributed by atoms with van der Waals surface area (Å²) in [5, 5.41) is 14.9. The van der Waals surface area contributed by atoms with Crippen LogP contribution in [0.4, 0.5) is 4.79 Å². The summed E-state index contributed by atoms with van der Waals surface area (Å²) in [7, 11) is 0. The minimum atomic E-state index is -0.791. The number of carbonyl (C=O) groups excluding carboxylic acids is 2. The van der Waals surface area contributed by atoms with Crippen molar-refractivity contribution >= 4 is 18.0 Å². The number of carboxylic acid groups (broad SMARTS) is 1. The van der Waals surface area contributed by atoms with E-state index in [1.807, 2.05) is 24.3 Å². The molecule has 0 aromatic heterocycles. The lowest BCUT2D eigenvalue weighted by atomic mass is 9.98. The molecule has 34 heavy (non-hydrogen) atoms. The minimum Gasteiger partial charge on any atom is -0.481 e. The second kappa shape index (κ2) is 9.12. The van der Waals surface area contributed by atoms with Crippen molar-refractivity contribution in [3.05, 3.63) is 59.7 Å². The van der Waals surface area contributed by atoms with E-state index in [1.54, 1.807) is 0 Å². The highest BCUT2D eigenvalue weighted by Crippen LogP contribution is 2.44. The van der Waals surface area contributed by atoms with Gasteiger partial charge in [-0.3, -0.25) is 9.59 Å². The SMILES string of the molecule is O=C(O)C[C@H]1CC[C@@H](NC(=O)CC2(NC(=O)OCC3c4ccccc4-c4ccccc43)CC2)C1. The van der Waals surface area contributed by atoms with E-state index < -0.39 is 17.6 Å². The zero-order valence-corrected chi connectivity index (χ0v) is 19.1. The largest absolute Gasteiger partial charge is 0.481 e. The fourth-order valence-corrected chi connectivity index (χ4v) is 5.57. The molecule has 7 heteroatoms. The van der Waals surface area contributed by atoms with Gasteiger partial charge in [-0.2, -0.15) is 0 Å². The minimum absolute atomic E-state index is 0.00211. The third-order valence-electron chi connectivity index (χ3n) is 7.43. The molecule has 2 fully saturated rings. The molecule has 2 aromatic carbocycles. The lowest BCUT2D eigenvalue weighted by Crippen LogP contribution is -2.43. The van der Waals surface area contributed by atoms with E-state index in [0.29, 0.717) is 6.42 Å². The Morgan fingerprint density at radius 2 is 1.62 bits per heavy atom. The van der Waals surface area contributed by atoms with Crippen molar-refractivity contribution in [2.45, 2.75) is 62.4 Å². The van der Waals surface area contributed by atoms with Crippen molar-refractivity contribution in [2.75, 3.05) is 6.61 Å². The Morgan fingerprint density at radius 3 is 2.24 bits per heavy atom. The fraction of sp³-hybridized carbons (Fsp3) is 0.444. The summed E-state index contributed by atoms with van der Waals surface area (Å²) in [6, 6.07) is 16.4. The molecule has 3 aliphatic carbocycles. The molecule has 0 spiro atoms. The molecule has 0 radical (unpaired) electrons. The third kappa shape index (κ3) is 4.79. The second-order valence-corrected chi connectivity index (χ2v) is 9.95. The van der Waals surface area contributed by atoms with Gasteiger partial charge >= 0.3 is 12.1 Å². The summed E-state index contributed by atoms with van der Waals surface area (Å²) in [5.74, 6) is -0.770. The molecule has 0 unspecified atom stereocenters. The van der Waals surface area contributed by atoms with Crippen LogP contribution in [0.1, 0.15) is 62.0 Å². The number of nitrogens with one attached hydrogen (secondary N) is 2. The molecule has 2 amide bonds. The van der Waals surface area contributed by atoms with E-state index in [2.05, 4.69) is 34.9 Å². The smallest absolute Gasteiger partial charge is 0.407 e. The summed E-state index contributed by atoms with van der Waals surface area (Å²) < 4.78 is 5.64. The van der Waals surface area contributed by atoms with E-state index in [4.69, 9.17) is 9.84 Å². The number of amides is 2. The van der Waals surface area contributed by atoms with Crippen LogP contribution >= 0.6 is 0 Å². The number of carboxylic acids is 1. The summed E-state index contributed by atoms with van der Waals surface area (Å²) in [6.07, 6.45) is 3.70. The highest BCUT2D eigenvalue weighted by atomic mass is 16.5. The Bertz CT molecular complexity index is 1060. The van der Waals surface area contributed by atoms with Crippen LogP contribution in [0.2, 0.25) is 0 Å². The van der Waals surface area contributed by atoms with E-state index in [-0.39, 0.29) is 43.2 Å². The first-order valence-corrected chi connectivity index (χ1v) is 12.1. The predicted molar refractivity (Wildman–Crippen MR) is 126 cm³/mol. The maximum atomic E-state index is 12.6. The number of ether oxygens (including phenoxy) is 1. The average Bonchev–Trinajstić information content (AvgIpc) is 3.27. The topological polar surface area (TPSA) is 105 Å². The number of carbonyl (C=O) groups is 3. The van der Waals surface area contributed by atoms with Crippen molar-refractivity contribution in [1.82, 2.24) is 10.6 Å². The summed E-state index contributed by atoms with van der Waals surface area (Å²) in [4.78, 5) is 36.1. The van der Waals surface area contributed by atoms with Gasteiger partial charge in [0, 0.05) is 24.8 Å². The number of hydrogen-bond acceptors (Lipinski definition) is 4. The van der Waals surface area contributed by atoms with Gasteiger partial charge in [0.2, 0.25) is 5.91 Å². The number of aliphatic carboxylic acids is 1. The van der Waals surface area contributed by atoms with Gasteiger partial charge in [0.1, 0.15) is 6.61 Å². The highest BCUT2D eigenvalue weighted by molar-refractivity contribution is 5.81. The number of benzene rings is 2. The van der Waals surface area contributed by atoms with Gasteiger partial charge < -0.3 is 20.5 Å². The number of fused-ring (bicyclic) bond motifs is 3. The lowest BCUT2D eigenvalue weighted by molar-refractivity contribution is -0.138. The molecule has 0 bridgehead atoms. The van der Waals surface area contributed by atoms with Gasteiger partial charge in [0.15, 0.2) is 0 Å². The lowest BCUT2D eigenvalue weighted by Gasteiger charge is -2.20. The Kier molecular flexibility index (Phi) is 6.02. The van der Waals surface area contributed by atoms with Crippen LogP contribution in [0.15, 0.2) is 48.5 Å². The van der Waals surface area contributed by atoms with E-state index in [9.17, 15) is 14.4 Å². The van der Waals surface area contributed by atoms with Gasteiger partial charge in [0.05, 0.1) is 5.54 Å². The molecule has 3 aliphatic rings. The average molecular weight is 463 g/mol. The molecular weight excluding hydrogens is 432 g/mol. The van der Waals surface area contributed by atoms with Crippen LogP contribution in [0.3, 0.4) is 0 Å². The molecular formula is C27H30N2O5. The van der Waals surface area contributed by atoms with E-state index in [0.717, 1.165) is 36.8 Å². The molecule has 2 atom stereocenters. The molecule has 2 aromatic rings. The van der Waals surface area contributed by atoms with Crippen LogP contribution in [-0.4, -0.2) is 41.3 Å². The molecule has 0 heterocycles. The highest BCUT2D eigenvalue weighted by Gasteiger charge is 2.46. The Balaban J connectivity index is 1.12. The van der Waals surface area contributed by atoms with Crippen LogP contribution in [0, 0.1) is 5.92 Å². The second-order valence-electron chi connectivity index (χ2n) is 9.95. The van der Waals surface area contributed by atoms with Gasteiger partial charge in [0.25, 0.3) is 0 Å². The van der Waals surface area contributed by atoms with Crippen LogP contribution < -0.4 is 10.6 Å². The van der Waals surface area contributed by atoms with Gasteiger partial charge in [-0.25, -0.2) is 4.79 Å². The van der Waals surface area contributed by atoms with Gasteiger partial charge in [-0.1, -0.05) is 48.5 Å². The Labute approximate surface area is 198 Å². The molecule has 3 N–H and O–H groups in total. The number of alkyl carbamates (subject to hydrolysis) is 1. The summed E-state index contributed by atoms with van der Waals surface area (Å²) >= 11 is 0. The van der Waals surface area contributed by atoms with Crippen LogP contribution in [-0.2, 0) is 14.3 Å². The molecule has 0 saturated heterocycles. The van der Waals surface area contributed by atoms with Crippen LogP contribution in [0.25, 0.3) is 11.1 Å². The van der Waals surface area contributed by atoms with Gasteiger partial charge in [-0.05, 0) is 60.3 Å². The summed E-state index contributed by atoms with van der Waals surface area (Å²) in [5.41, 5.74) is 4.15. The first kappa shape index (κ1) is 22.4. The molecule has 5 rings (SSSR count). The molecule has 2 saturated carbocycles. The van der Waals surface area contributed by atoms with E-state index in [1.165, 1.54) is 11.1 Å². The molecule has 178 valence electrons. The zero-order chi connectivity index (χ0) is 23.7. The normalized spacial score (nSPS) is 21.9. The van der Waals surface area contributed by atoms with Crippen molar-refractivity contribution in [2.24, 2.45) is 5.92 Å². The quantitative estimate of drug-likeness (QED) is 0.545. The molecule has 7 nitrogen and oxygen atoms in total. The standard InChI is InChI=1S/C27H30N2O5/c30-24(28-18-10-9-17(13-18)14-25(31)32)15-27(11-12-27)29-26(33)34-16-23-21-7-3-1-5-19(21)20-6-2-4-8-22(20)23/h1-8,17-18,23H,9-16H2,(H,28,30)(H,29,33)(H,31,32)/t17-,18+/m0/s1. The van der Waals surface area contributed by atoms with Crippen LogP contribution in [0.5, 0.6) is 0 Å².